The van der Waals surface area contributed by atoms with Crippen LogP contribution in [0.15, 0.2) is 42.5 Å². The van der Waals surface area contributed by atoms with Gasteiger partial charge in [-0.1, -0.05) is 42.5 Å². The van der Waals surface area contributed by atoms with Crippen molar-refractivity contribution in [2.45, 2.75) is 32.6 Å². The summed E-state index contributed by atoms with van der Waals surface area (Å²) in [7, 11) is 2.05. The summed E-state index contributed by atoms with van der Waals surface area (Å²) in [4.78, 5) is 0. The third kappa shape index (κ3) is 4.36. The van der Waals surface area contributed by atoms with Crippen molar-refractivity contribution >= 4 is 11.8 Å². The summed E-state index contributed by atoms with van der Waals surface area (Å²) in [6, 6.07) is 15.8. The van der Waals surface area contributed by atoms with Crippen LogP contribution in [-0.2, 0) is 5.75 Å². The van der Waals surface area contributed by atoms with Crippen molar-refractivity contribution in [2.24, 2.45) is 0 Å². The Morgan fingerprint density at radius 3 is 2.38 bits per heavy atom. The van der Waals surface area contributed by atoms with E-state index in [0.717, 1.165) is 11.5 Å². The van der Waals surface area contributed by atoms with Crippen molar-refractivity contribution in [3.05, 3.63) is 70.3 Å². The van der Waals surface area contributed by atoms with Crippen LogP contribution in [-0.4, -0.2) is 12.8 Å². The van der Waals surface area contributed by atoms with Crippen LogP contribution in [0.1, 0.15) is 33.9 Å². The fourth-order valence-corrected chi connectivity index (χ4v) is 3.64. The largest absolute Gasteiger partial charge is 0.312 e. The molecule has 0 saturated heterocycles. The van der Waals surface area contributed by atoms with E-state index in [2.05, 4.69) is 68.6 Å². The standard InChI is InChI=1S/C19H25NS/c1-14-9-10-17(11-16(14)3)19(20-4)13-21-12-18-8-6-5-7-15(18)2/h5-11,19-20H,12-13H2,1-4H3. The molecule has 2 aromatic carbocycles. The first-order valence-electron chi connectivity index (χ1n) is 7.48. The van der Waals surface area contributed by atoms with Gasteiger partial charge in [-0.25, -0.2) is 0 Å². The molecule has 0 aliphatic heterocycles. The van der Waals surface area contributed by atoms with E-state index < -0.39 is 0 Å². The van der Waals surface area contributed by atoms with Gasteiger partial charge in [-0.2, -0.15) is 11.8 Å². The van der Waals surface area contributed by atoms with Crippen LogP contribution < -0.4 is 5.32 Å². The van der Waals surface area contributed by atoms with Crippen LogP contribution in [0.4, 0.5) is 0 Å². The van der Waals surface area contributed by atoms with Crippen molar-refractivity contribution in [2.75, 3.05) is 12.8 Å². The van der Waals surface area contributed by atoms with Crippen molar-refractivity contribution in [3.63, 3.8) is 0 Å². The van der Waals surface area contributed by atoms with Crippen LogP contribution in [0, 0.1) is 20.8 Å². The molecule has 1 nitrogen and oxygen atoms in total. The fourth-order valence-electron chi connectivity index (χ4n) is 2.39. The average Bonchev–Trinajstić information content (AvgIpc) is 2.48. The molecule has 2 heteroatoms. The van der Waals surface area contributed by atoms with E-state index in [-0.39, 0.29) is 0 Å². The normalized spacial score (nSPS) is 12.4. The molecule has 0 heterocycles. The van der Waals surface area contributed by atoms with Gasteiger partial charge in [-0.05, 0) is 55.6 Å². The quantitative estimate of drug-likeness (QED) is 0.822. The SMILES string of the molecule is CNC(CSCc1ccccc1C)c1ccc(C)c(C)c1. The highest BCUT2D eigenvalue weighted by Gasteiger charge is 2.10. The zero-order valence-corrected chi connectivity index (χ0v) is 14.3. The zero-order chi connectivity index (χ0) is 15.2. The second-order valence-corrected chi connectivity index (χ2v) is 6.66. The van der Waals surface area contributed by atoms with E-state index in [4.69, 9.17) is 0 Å². The molecule has 0 radical (unpaired) electrons. The highest BCUT2D eigenvalue weighted by molar-refractivity contribution is 7.98. The molecule has 112 valence electrons. The summed E-state index contributed by atoms with van der Waals surface area (Å²) in [6.07, 6.45) is 0. The zero-order valence-electron chi connectivity index (χ0n) is 13.4. The van der Waals surface area contributed by atoms with Gasteiger partial charge in [-0.3, -0.25) is 0 Å². The monoisotopic (exact) mass is 299 g/mol. The molecule has 0 fully saturated rings. The molecule has 0 saturated carbocycles. The minimum absolute atomic E-state index is 0.415. The van der Waals surface area contributed by atoms with E-state index in [1.165, 1.54) is 27.8 Å². The van der Waals surface area contributed by atoms with Crippen LogP contribution >= 0.6 is 11.8 Å². The predicted octanol–water partition coefficient (Wildman–Crippen LogP) is 4.81. The summed E-state index contributed by atoms with van der Waals surface area (Å²) < 4.78 is 0. The minimum Gasteiger partial charge on any atom is -0.312 e. The van der Waals surface area contributed by atoms with Crippen molar-refractivity contribution in [3.8, 4) is 0 Å². The first kappa shape index (κ1) is 16.1. The van der Waals surface area contributed by atoms with E-state index in [1.807, 2.05) is 18.8 Å². The molecule has 0 bridgehead atoms. The maximum atomic E-state index is 3.45. The second kappa shape index (κ2) is 7.67. The maximum Gasteiger partial charge on any atom is 0.0409 e. The topological polar surface area (TPSA) is 12.0 Å². The molecule has 1 atom stereocenters. The van der Waals surface area contributed by atoms with Crippen molar-refractivity contribution < 1.29 is 0 Å². The van der Waals surface area contributed by atoms with Crippen LogP contribution in [0.25, 0.3) is 0 Å². The minimum atomic E-state index is 0.415. The number of nitrogens with one attached hydrogen (secondary N) is 1. The highest BCUT2D eigenvalue weighted by atomic mass is 32.2. The van der Waals surface area contributed by atoms with Crippen LogP contribution in [0.5, 0.6) is 0 Å². The molecule has 1 N–H and O–H groups in total. The molecule has 2 rings (SSSR count). The summed E-state index contributed by atoms with van der Waals surface area (Å²) in [5.41, 5.74) is 6.95. The number of rotatable bonds is 6. The van der Waals surface area contributed by atoms with E-state index in [0.29, 0.717) is 6.04 Å². The highest BCUT2D eigenvalue weighted by Crippen LogP contribution is 2.23. The van der Waals surface area contributed by atoms with Gasteiger partial charge in [0.15, 0.2) is 0 Å². The number of hydrogen-bond donors (Lipinski definition) is 1. The van der Waals surface area contributed by atoms with Crippen molar-refractivity contribution in [1.29, 1.82) is 0 Å². The summed E-state index contributed by atoms with van der Waals surface area (Å²) in [5, 5.41) is 3.45. The summed E-state index contributed by atoms with van der Waals surface area (Å²) >= 11 is 2.00. The van der Waals surface area contributed by atoms with E-state index >= 15 is 0 Å². The molecule has 2 aromatic rings. The first-order chi connectivity index (χ1) is 10.1. The van der Waals surface area contributed by atoms with Gasteiger partial charge in [0.05, 0.1) is 0 Å². The van der Waals surface area contributed by atoms with Crippen molar-refractivity contribution in [1.82, 2.24) is 5.32 Å². The molecule has 0 aliphatic carbocycles. The third-order valence-electron chi connectivity index (χ3n) is 4.09. The Morgan fingerprint density at radius 1 is 0.952 bits per heavy atom. The predicted molar refractivity (Wildman–Crippen MR) is 95.1 cm³/mol. The summed E-state index contributed by atoms with van der Waals surface area (Å²) in [5.74, 6) is 2.17. The lowest BCUT2D eigenvalue weighted by Crippen LogP contribution is -2.19. The molecule has 0 aromatic heterocycles. The molecular formula is C19H25NS. The Morgan fingerprint density at radius 2 is 1.71 bits per heavy atom. The Kier molecular flexibility index (Phi) is 5.89. The maximum absolute atomic E-state index is 3.45. The number of aryl methyl sites for hydroxylation is 3. The van der Waals surface area contributed by atoms with E-state index in [1.54, 1.807) is 0 Å². The van der Waals surface area contributed by atoms with Gasteiger partial charge in [0.2, 0.25) is 0 Å². The Hall–Kier alpha value is -1.25. The van der Waals surface area contributed by atoms with Gasteiger partial charge in [0.1, 0.15) is 0 Å². The van der Waals surface area contributed by atoms with Gasteiger partial charge in [-0.15, -0.1) is 0 Å². The van der Waals surface area contributed by atoms with Crippen LogP contribution in [0.3, 0.4) is 0 Å². The molecule has 0 aliphatic rings. The molecule has 1 unspecified atom stereocenters. The Bertz CT molecular complexity index is 592. The second-order valence-electron chi connectivity index (χ2n) is 5.63. The smallest absolute Gasteiger partial charge is 0.0409 e. The number of hydrogen-bond acceptors (Lipinski definition) is 2. The number of benzene rings is 2. The average molecular weight is 299 g/mol. The van der Waals surface area contributed by atoms with Gasteiger partial charge >= 0.3 is 0 Å². The fraction of sp³-hybridized carbons (Fsp3) is 0.368. The lowest BCUT2D eigenvalue weighted by Gasteiger charge is -2.18. The third-order valence-corrected chi connectivity index (χ3v) is 5.17. The van der Waals surface area contributed by atoms with Crippen LogP contribution in [0.2, 0.25) is 0 Å². The van der Waals surface area contributed by atoms with E-state index in [9.17, 15) is 0 Å². The molecule has 0 amide bonds. The number of thioether (sulfide) groups is 1. The summed E-state index contributed by atoms with van der Waals surface area (Å²) in [6.45, 7) is 6.54. The molecule has 21 heavy (non-hydrogen) atoms. The molecular weight excluding hydrogens is 274 g/mol. The van der Waals surface area contributed by atoms with Gasteiger partial charge in [0, 0.05) is 17.5 Å². The first-order valence-corrected chi connectivity index (χ1v) is 8.64. The Labute approximate surface area is 133 Å². The lowest BCUT2D eigenvalue weighted by atomic mass is 10.0. The lowest BCUT2D eigenvalue weighted by molar-refractivity contribution is 0.661. The van der Waals surface area contributed by atoms with Gasteiger partial charge in [0.25, 0.3) is 0 Å². The van der Waals surface area contributed by atoms with Gasteiger partial charge < -0.3 is 5.32 Å². The Balaban J connectivity index is 1.96. The molecule has 0 spiro atoms.